The van der Waals surface area contributed by atoms with Crippen molar-refractivity contribution in [2.24, 2.45) is 5.73 Å². The number of amides is 2. The van der Waals surface area contributed by atoms with Crippen LogP contribution in [0, 0.1) is 0 Å². The Bertz CT molecular complexity index is 565. The largest absolute Gasteiger partial charge is 0.478 e. The fourth-order valence-corrected chi connectivity index (χ4v) is 2.70. The molecule has 112 valence electrons. The molecule has 1 aliphatic carbocycles. The van der Waals surface area contributed by atoms with E-state index in [0.717, 1.165) is 25.7 Å². The first kappa shape index (κ1) is 15.0. The summed E-state index contributed by atoms with van der Waals surface area (Å²) in [6, 6.07) is 5.82. The first-order chi connectivity index (χ1) is 9.99. The predicted octanol–water partition coefficient (Wildman–Crippen LogP) is 1.25. The van der Waals surface area contributed by atoms with Gasteiger partial charge in [-0.1, -0.05) is 18.9 Å². The Labute approximate surface area is 122 Å². The summed E-state index contributed by atoms with van der Waals surface area (Å²) in [5.74, 6) is -2.00. The average molecular weight is 290 g/mol. The maximum atomic E-state index is 12.6. The van der Waals surface area contributed by atoms with Crippen molar-refractivity contribution in [1.29, 1.82) is 0 Å². The quantitative estimate of drug-likeness (QED) is 0.852. The smallest absolute Gasteiger partial charge is 0.335 e. The molecule has 0 saturated heterocycles. The summed E-state index contributed by atoms with van der Waals surface area (Å²) in [5, 5.41) is 8.99. The van der Waals surface area contributed by atoms with Gasteiger partial charge in [-0.25, -0.2) is 4.79 Å². The van der Waals surface area contributed by atoms with Crippen LogP contribution in [0.15, 0.2) is 24.3 Å². The molecule has 1 aromatic rings. The maximum Gasteiger partial charge on any atom is 0.335 e. The van der Waals surface area contributed by atoms with Crippen LogP contribution < -0.4 is 5.73 Å². The third-order valence-electron chi connectivity index (χ3n) is 3.71. The molecular weight excluding hydrogens is 272 g/mol. The molecule has 0 heterocycles. The van der Waals surface area contributed by atoms with Gasteiger partial charge in [0.2, 0.25) is 5.91 Å². The Hall–Kier alpha value is -2.37. The third kappa shape index (κ3) is 3.59. The Kier molecular flexibility index (Phi) is 4.57. The molecule has 1 aliphatic rings. The normalized spacial score (nSPS) is 14.9. The second-order valence-corrected chi connectivity index (χ2v) is 5.22. The Morgan fingerprint density at radius 3 is 2.38 bits per heavy atom. The number of carbonyl (C=O) groups excluding carboxylic acids is 2. The van der Waals surface area contributed by atoms with Crippen molar-refractivity contribution in [2.75, 3.05) is 6.54 Å². The summed E-state index contributed by atoms with van der Waals surface area (Å²) < 4.78 is 0. The molecular formula is C15H18N2O4. The fourth-order valence-electron chi connectivity index (χ4n) is 2.70. The minimum atomic E-state index is -1.09. The van der Waals surface area contributed by atoms with Gasteiger partial charge in [0.1, 0.15) is 0 Å². The maximum absolute atomic E-state index is 12.6. The standard InChI is InChI=1S/C15H18N2O4/c16-13(18)9-17(12-6-1-2-7-12)14(19)10-4-3-5-11(8-10)15(20)21/h3-5,8,12H,1-2,6-7,9H2,(H2,16,18)(H,20,21). The van der Waals surface area contributed by atoms with Crippen molar-refractivity contribution < 1.29 is 19.5 Å². The molecule has 1 fully saturated rings. The lowest BCUT2D eigenvalue weighted by Gasteiger charge is -2.28. The first-order valence-electron chi connectivity index (χ1n) is 6.91. The molecule has 21 heavy (non-hydrogen) atoms. The summed E-state index contributed by atoms with van der Waals surface area (Å²) in [5.41, 5.74) is 5.54. The van der Waals surface area contributed by atoms with E-state index in [2.05, 4.69) is 0 Å². The molecule has 2 rings (SSSR count). The lowest BCUT2D eigenvalue weighted by Crippen LogP contribution is -2.44. The van der Waals surface area contributed by atoms with Gasteiger partial charge in [-0.2, -0.15) is 0 Å². The number of benzene rings is 1. The van der Waals surface area contributed by atoms with Crippen LogP contribution in [0.5, 0.6) is 0 Å². The number of primary amides is 1. The zero-order valence-electron chi connectivity index (χ0n) is 11.6. The van der Waals surface area contributed by atoms with Crippen LogP contribution in [-0.2, 0) is 4.79 Å². The molecule has 0 atom stereocenters. The van der Waals surface area contributed by atoms with Gasteiger partial charge in [0.15, 0.2) is 0 Å². The number of rotatable bonds is 5. The van der Waals surface area contributed by atoms with Crippen molar-refractivity contribution in [1.82, 2.24) is 4.90 Å². The molecule has 6 heteroatoms. The predicted molar refractivity (Wildman–Crippen MR) is 75.9 cm³/mol. The number of carboxylic acid groups (broad SMARTS) is 1. The molecule has 1 saturated carbocycles. The van der Waals surface area contributed by atoms with Crippen LogP contribution in [0.25, 0.3) is 0 Å². The highest BCUT2D eigenvalue weighted by atomic mass is 16.4. The minimum Gasteiger partial charge on any atom is -0.478 e. The molecule has 0 radical (unpaired) electrons. The van der Waals surface area contributed by atoms with Gasteiger partial charge in [-0.15, -0.1) is 0 Å². The molecule has 0 bridgehead atoms. The van der Waals surface area contributed by atoms with Crippen molar-refractivity contribution in [3.63, 3.8) is 0 Å². The number of nitrogens with zero attached hydrogens (tertiary/aromatic N) is 1. The van der Waals surface area contributed by atoms with Crippen molar-refractivity contribution in [3.8, 4) is 0 Å². The monoisotopic (exact) mass is 290 g/mol. The van der Waals surface area contributed by atoms with Crippen LogP contribution in [0.1, 0.15) is 46.4 Å². The highest BCUT2D eigenvalue weighted by molar-refractivity contribution is 5.99. The van der Waals surface area contributed by atoms with Gasteiger partial charge in [0.05, 0.1) is 12.1 Å². The summed E-state index contributed by atoms with van der Waals surface area (Å²) in [4.78, 5) is 36.2. The molecule has 6 nitrogen and oxygen atoms in total. The summed E-state index contributed by atoms with van der Waals surface area (Å²) >= 11 is 0. The van der Waals surface area contributed by atoms with E-state index in [0.29, 0.717) is 0 Å². The number of carbonyl (C=O) groups is 3. The van der Waals surface area contributed by atoms with Crippen molar-refractivity contribution in [2.45, 2.75) is 31.7 Å². The highest BCUT2D eigenvalue weighted by Gasteiger charge is 2.28. The third-order valence-corrected chi connectivity index (χ3v) is 3.71. The van der Waals surface area contributed by atoms with Gasteiger partial charge in [0.25, 0.3) is 5.91 Å². The van der Waals surface area contributed by atoms with Gasteiger partial charge >= 0.3 is 5.97 Å². The highest BCUT2D eigenvalue weighted by Crippen LogP contribution is 2.25. The van der Waals surface area contributed by atoms with Crippen molar-refractivity contribution >= 4 is 17.8 Å². The van der Waals surface area contributed by atoms with E-state index < -0.39 is 11.9 Å². The lowest BCUT2D eigenvalue weighted by atomic mass is 10.1. The fraction of sp³-hybridized carbons (Fsp3) is 0.400. The van der Waals surface area contributed by atoms with E-state index in [1.54, 1.807) is 6.07 Å². The average Bonchev–Trinajstić information content (AvgIpc) is 2.98. The molecule has 0 aliphatic heterocycles. The van der Waals surface area contributed by atoms with Crippen molar-refractivity contribution in [3.05, 3.63) is 35.4 Å². The Morgan fingerprint density at radius 2 is 1.81 bits per heavy atom. The molecule has 3 N–H and O–H groups in total. The zero-order valence-corrected chi connectivity index (χ0v) is 11.6. The number of aromatic carboxylic acids is 1. The van der Waals surface area contributed by atoms with E-state index in [9.17, 15) is 14.4 Å². The number of carboxylic acids is 1. The Balaban J connectivity index is 2.26. The van der Waals surface area contributed by atoms with Crippen LogP contribution in [0.4, 0.5) is 0 Å². The SMILES string of the molecule is NC(=O)CN(C(=O)c1cccc(C(=O)O)c1)C1CCCC1. The van der Waals surface area contributed by atoms with Gasteiger partial charge in [0, 0.05) is 11.6 Å². The Morgan fingerprint density at radius 1 is 1.19 bits per heavy atom. The number of hydrogen-bond acceptors (Lipinski definition) is 3. The van der Waals surface area contributed by atoms with Crippen LogP contribution in [0.3, 0.4) is 0 Å². The second-order valence-electron chi connectivity index (χ2n) is 5.22. The molecule has 0 spiro atoms. The molecule has 0 unspecified atom stereocenters. The molecule has 1 aromatic carbocycles. The van der Waals surface area contributed by atoms with Crippen LogP contribution in [0.2, 0.25) is 0 Å². The zero-order chi connectivity index (χ0) is 15.4. The topological polar surface area (TPSA) is 101 Å². The number of nitrogens with two attached hydrogens (primary N) is 1. The first-order valence-corrected chi connectivity index (χ1v) is 6.91. The van der Waals surface area contributed by atoms with E-state index in [-0.39, 0.29) is 29.6 Å². The van der Waals surface area contributed by atoms with E-state index in [1.165, 1.54) is 23.1 Å². The van der Waals surface area contributed by atoms with E-state index in [4.69, 9.17) is 10.8 Å². The van der Waals surface area contributed by atoms with Gasteiger partial charge < -0.3 is 15.7 Å². The van der Waals surface area contributed by atoms with E-state index in [1.807, 2.05) is 0 Å². The molecule has 0 aromatic heterocycles. The summed E-state index contributed by atoms with van der Waals surface area (Å²) in [7, 11) is 0. The van der Waals surface area contributed by atoms with Crippen LogP contribution in [-0.4, -0.2) is 40.4 Å². The van der Waals surface area contributed by atoms with Gasteiger partial charge in [-0.3, -0.25) is 9.59 Å². The van der Waals surface area contributed by atoms with Crippen LogP contribution >= 0.6 is 0 Å². The van der Waals surface area contributed by atoms with E-state index >= 15 is 0 Å². The summed E-state index contributed by atoms with van der Waals surface area (Å²) in [6.07, 6.45) is 3.72. The summed E-state index contributed by atoms with van der Waals surface area (Å²) in [6.45, 7) is -0.138. The van der Waals surface area contributed by atoms with Gasteiger partial charge in [-0.05, 0) is 31.0 Å². The lowest BCUT2D eigenvalue weighted by molar-refractivity contribution is -0.119. The second kappa shape index (κ2) is 6.39. The number of hydrogen-bond donors (Lipinski definition) is 2. The molecule has 2 amide bonds. The minimum absolute atomic E-state index is 0.00140.